The second-order valence-corrected chi connectivity index (χ2v) is 3.16. The Labute approximate surface area is 93.8 Å². The number of ether oxygens (including phenoxy) is 1. The summed E-state index contributed by atoms with van der Waals surface area (Å²) in [4.78, 5) is 4.25. The van der Waals surface area contributed by atoms with E-state index < -0.39 is 6.85 Å². The zero-order valence-corrected chi connectivity index (χ0v) is 8.40. The molecule has 0 N–H and O–H groups in total. The Morgan fingerprint density at radius 2 is 1.93 bits per heavy atom. The molecule has 0 radical (unpaired) electrons. The third-order valence-electron chi connectivity index (χ3n) is 2.15. The highest BCUT2D eigenvalue weighted by molar-refractivity contribution is 5.59. The molecule has 0 aliphatic heterocycles. The van der Waals surface area contributed by atoms with Gasteiger partial charge < -0.3 is 4.74 Å². The highest BCUT2D eigenvalue weighted by atomic mass is 16.5. The van der Waals surface area contributed by atoms with Gasteiger partial charge in [0, 0.05) is 9.68 Å². The normalized spacial score (nSPS) is 13.8. The molecular formula is C13H13NO. The van der Waals surface area contributed by atoms with E-state index in [4.69, 9.17) is 8.85 Å². The van der Waals surface area contributed by atoms with Gasteiger partial charge in [-0.25, -0.2) is 0 Å². The van der Waals surface area contributed by atoms with Gasteiger partial charge in [-0.2, -0.15) is 0 Å². The highest BCUT2D eigenvalue weighted by Crippen LogP contribution is 2.19. The van der Waals surface area contributed by atoms with Crippen LogP contribution >= 0.6 is 0 Å². The Balaban J connectivity index is 2.28. The molecule has 76 valence electrons. The van der Waals surface area contributed by atoms with Crippen LogP contribution in [0.1, 0.15) is 9.68 Å². The summed E-state index contributed by atoms with van der Waals surface area (Å²) in [5.74, 6) is 0.692. The first-order valence-electron chi connectivity index (χ1n) is 6.11. The van der Waals surface area contributed by atoms with Crippen molar-refractivity contribution >= 4 is 0 Å². The maximum Gasteiger partial charge on any atom is 0.137 e. The van der Waals surface area contributed by atoms with E-state index in [1.54, 1.807) is 37.6 Å². The summed E-state index contributed by atoms with van der Waals surface area (Å²) in [6, 6.07) is 10.4. The van der Waals surface area contributed by atoms with Crippen LogP contribution in [0.4, 0.5) is 0 Å². The summed E-state index contributed by atoms with van der Waals surface area (Å²) in [5.41, 5.74) is 2.00. The van der Waals surface area contributed by atoms with Crippen LogP contribution in [0.2, 0.25) is 0 Å². The monoisotopic (exact) mass is 202 g/mol. The van der Waals surface area contributed by atoms with Crippen molar-refractivity contribution in [1.29, 1.82) is 0 Å². The van der Waals surface area contributed by atoms with Crippen LogP contribution in [0, 0.1) is 6.85 Å². The van der Waals surface area contributed by atoms with Gasteiger partial charge in [-0.3, -0.25) is 4.98 Å². The fourth-order valence-electron chi connectivity index (χ4n) is 1.31. The second kappa shape index (κ2) is 4.13. The fourth-order valence-corrected chi connectivity index (χ4v) is 1.31. The van der Waals surface area contributed by atoms with Crippen LogP contribution in [0.15, 0.2) is 42.6 Å². The molecule has 2 heteroatoms. The first-order chi connectivity index (χ1) is 8.50. The summed E-state index contributed by atoms with van der Waals surface area (Å²) >= 11 is 0. The van der Waals surface area contributed by atoms with Crippen molar-refractivity contribution in [2.45, 2.75) is 6.85 Å². The molecule has 0 aliphatic rings. The molecule has 0 aliphatic carbocycles. The number of hydrogen-bond acceptors (Lipinski definition) is 2. The SMILES string of the molecule is [2H]C([2H])([2H])c1ccc(-c2ccc(OC)cn2)cc1. The number of aromatic nitrogens is 1. The van der Waals surface area contributed by atoms with Gasteiger partial charge in [-0.05, 0) is 19.0 Å². The predicted octanol–water partition coefficient (Wildman–Crippen LogP) is 3.07. The molecule has 0 bridgehead atoms. The lowest BCUT2D eigenvalue weighted by molar-refractivity contribution is 0.413. The molecule has 0 saturated heterocycles. The molecule has 1 aromatic carbocycles. The van der Waals surface area contributed by atoms with Crippen molar-refractivity contribution in [3.8, 4) is 17.0 Å². The molecule has 1 aromatic heterocycles. The van der Waals surface area contributed by atoms with Crippen molar-refractivity contribution < 1.29 is 8.85 Å². The number of rotatable bonds is 2. The fraction of sp³-hybridized carbons (Fsp3) is 0.154. The Hall–Kier alpha value is -1.83. The van der Waals surface area contributed by atoms with Gasteiger partial charge in [0.05, 0.1) is 19.0 Å². The summed E-state index contributed by atoms with van der Waals surface area (Å²) in [5, 5.41) is 0. The zero-order chi connectivity index (χ0) is 13.2. The first kappa shape index (κ1) is 6.62. The molecule has 0 amide bonds. The minimum absolute atomic E-state index is 0.333. The van der Waals surface area contributed by atoms with Gasteiger partial charge in [-0.1, -0.05) is 29.8 Å². The minimum atomic E-state index is -2.06. The smallest absolute Gasteiger partial charge is 0.137 e. The molecule has 0 fully saturated rings. The van der Waals surface area contributed by atoms with Crippen molar-refractivity contribution in [2.24, 2.45) is 0 Å². The van der Waals surface area contributed by atoms with E-state index in [-0.39, 0.29) is 0 Å². The number of pyridine rings is 1. The number of methoxy groups -OCH3 is 1. The third-order valence-corrected chi connectivity index (χ3v) is 2.15. The van der Waals surface area contributed by atoms with Crippen molar-refractivity contribution in [2.75, 3.05) is 7.11 Å². The average Bonchev–Trinajstić information content (AvgIpc) is 2.38. The molecule has 0 saturated carbocycles. The van der Waals surface area contributed by atoms with E-state index in [9.17, 15) is 0 Å². The average molecular weight is 202 g/mol. The van der Waals surface area contributed by atoms with Gasteiger partial charge in [0.1, 0.15) is 5.75 Å². The van der Waals surface area contributed by atoms with Gasteiger partial charge in [0.25, 0.3) is 0 Å². The lowest BCUT2D eigenvalue weighted by Gasteiger charge is -2.02. The standard InChI is InChI=1S/C13H13NO/c1-10-3-5-11(6-4-10)13-8-7-12(15-2)9-14-13/h3-9H,1-2H3/i1D3. The molecule has 2 aromatic rings. The molecule has 15 heavy (non-hydrogen) atoms. The topological polar surface area (TPSA) is 22.1 Å². The van der Waals surface area contributed by atoms with Crippen LogP contribution in [-0.4, -0.2) is 12.1 Å². The van der Waals surface area contributed by atoms with E-state index in [2.05, 4.69) is 4.98 Å². The number of hydrogen-bond donors (Lipinski definition) is 0. The summed E-state index contributed by atoms with van der Waals surface area (Å²) < 4.78 is 26.9. The lowest BCUT2D eigenvalue weighted by Crippen LogP contribution is -1.86. The van der Waals surface area contributed by atoms with Crippen molar-refractivity contribution in [3.63, 3.8) is 0 Å². The summed E-state index contributed by atoms with van der Waals surface area (Å²) in [6.45, 7) is -2.06. The van der Waals surface area contributed by atoms with Crippen LogP contribution < -0.4 is 4.74 Å². The van der Waals surface area contributed by atoms with E-state index in [0.717, 1.165) is 11.3 Å². The van der Waals surface area contributed by atoms with Gasteiger partial charge in [0.15, 0.2) is 0 Å². The predicted molar refractivity (Wildman–Crippen MR) is 61.0 cm³/mol. The van der Waals surface area contributed by atoms with Crippen molar-refractivity contribution in [3.05, 3.63) is 48.2 Å². The van der Waals surface area contributed by atoms with Crippen LogP contribution in [-0.2, 0) is 0 Å². The highest BCUT2D eigenvalue weighted by Gasteiger charge is 1.98. The molecular weight excluding hydrogens is 186 g/mol. The maximum absolute atomic E-state index is 7.30. The summed E-state index contributed by atoms with van der Waals surface area (Å²) in [6.07, 6.45) is 1.63. The Bertz CT molecular complexity index is 517. The van der Waals surface area contributed by atoms with E-state index >= 15 is 0 Å². The van der Waals surface area contributed by atoms with Crippen molar-refractivity contribution in [1.82, 2.24) is 4.98 Å². The van der Waals surface area contributed by atoms with Gasteiger partial charge >= 0.3 is 0 Å². The Kier molecular flexibility index (Phi) is 1.82. The van der Waals surface area contributed by atoms with Crippen LogP contribution in [0.5, 0.6) is 5.75 Å². The molecule has 1 heterocycles. The van der Waals surface area contributed by atoms with Crippen LogP contribution in [0.3, 0.4) is 0 Å². The maximum atomic E-state index is 7.30. The molecule has 2 nitrogen and oxygen atoms in total. The Morgan fingerprint density at radius 3 is 2.47 bits per heavy atom. The van der Waals surface area contributed by atoms with E-state index in [1.165, 1.54) is 0 Å². The number of aryl methyl sites for hydroxylation is 1. The largest absolute Gasteiger partial charge is 0.495 e. The van der Waals surface area contributed by atoms with E-state index in [0.29, 0.717) is 11.3 Å². The molecule has 2 rings (SSSR count). The quantitative estimate of drug-likeness (QED) is 0.746. The Morgan fingerprint density at radius 1 is 1.13 bits per heavy atom. The zero-order valence-electron chi connectivity index (χ0n) is 11.4. The lowest BCUT2D eigenvalue weighted by atomic mass is 10.1. The minimum Gasteiger partial charge on any atom is -0.495 e. The first-order valence-corrected chi connectivity index (χ1v) is 4.61. The molecule has 0 unspecified atom stereocenters. The second-order valence-electron chi connectivity index (χ2n) is 3.16. The van der Waals surface area contributed by atoms with Crippen LogP contribution in [0.25, 0.3) is 11.3 Å². The van der Waals surface area contributed by atoms with Gasteiger partial charge in [0.2, 0.25) is 0 Å². The number of nitrogens with zero attached hydrogens (tertiary/aromatic N) is 1. The summed E-state index contributed by atoms with van der Waals surface area (Å²) in [7, 11) is 1.59. The third kappa shape index (κ3) is 2.15. The number of benzene rings is 1. The molecule has 0 spiro atoms. The molecule has 0 atom stereocenters. The van der Waals surface area contributed by atoms with Gasteiger partial charge in [-0.15, -0.1) is 0 Å². The van der Waals surface area contributed by atoms with E-state index in [1.807, 2.05) is 12.1 Å².